The van der Waals surface area contributed by atoms with Gasteiger partial charge in [0.05, 0.1) is 11.4 Å². The van der Waals surface area contributed by atoms with Crippen LogP contribution in [0.15, 0.2) is 30.9 Å². The van der Waals surface area contributed by atoms with E-state index in [9.17, 15) is 4.79 Å². The Labute approximate surface area is 70.7 Å². The lowest BCUT2D eigenvalue weighted by molar-refractivity contribution is 0.104. The highest BCUT2D eigenvalue weighted by Gasteiger charge is 2.06. The summed E-state index contributed by atoms with van der Waals surface area (Å²) in [6, 6.07) is 4.95. The number of anilines is 2. The van der Waals surface area contributed by atoms with Crippen molar-refractivity contribution in [2.75, 3.05) is 11.5 Å². The molecule has 3 heteroatoms. The van der Waals surface area contributed by atoms with Crippen molar-refractivity contribution in [1.82, 2.24) is 0 Å². The number of ketones is 1. The number of benzene rings is 1. The van der Waals surface area contributed by atoms with Crippen molar-refractivity contribution < 1.29 is 4.79 Å². The van der Waals surface area contributed by atoms with E-state index in [1.165, 1.54) is 6.08 Å². The van der Waals surface area contributed by atoms with Gasteiger partial charge in [-0.25, -0.2) is 0 Å². The van der Waals surface area contributed by atoms with Crippen LogP contribution in [0, 0.1) is 0 Å². The van der Waals surface area contributed by atoms with Crippen LogP contribution in [-0.4, -0.2) is 5.78 Å². The van der Waals surface area contributed by atoms with Gasteiger partial charge in [-0.3, -0.25) is 4.79 Å². The zero-order chi connectivity index (χ0) is 9.14. The summed E-state index contributed by atoms with van der Waals surface area (Å²) in [5.41, 5.74) is 12.2. The molecule has 0 atom stereocenters. The molecule has 1 rings (SSSR count). The summed E-state index contributed by atoms with van der Waals surface area (Å²) < 4.78 is 0. The molecule has 0 aliphatic carbocycles. The predicted octanol–water partition coefficient (Wildman–Crippen LogP) is 1.22. The second kappa shape index (κ2) is 3.09. The van der Waals surface area contributed by atoms with Crippen LogP contribution >= 0.6 is 0 Å². The minimum atomic E-state index is -0.209. The van der Waals surface area contributed by atoms with Crippen LogP contribution in [0.25, 0.3) is 0 Å². The van der Waals surface area contributed by atoms with Crippen LogP contribution < -0.4 is 11.5 Å². The molecule has 0 aromatic heterocycles. The normalized spacial score (nSPS) is 9.33. The van der Waals surface area contributed by atoms with Gasteiger partial charge in [0, 0.05) is 5.56 Å². The fraction of sp³-hybridized carbons (Fsp3) is 0. The fourth-order valence-corrected chi connectivity index (χ4v) is 0.908. The smallest absolute Gasteiger partial charge is 0.187 e. The molecular weight excluding hydrogens is 152 g/mol. The van der Waals surface area contributed by atoms with E-state index in [1.807, 2.05) is 0 Å². The van der Waals surface area contributed by atoms with E-state index >= 15 is 0 Å². The van der Waals surface area contributed by atoms with Crippen molar-refractivity contribution in [3.8, 4) is 0 Å². The minimum absolute atomic E-state index is 0.209. The van der Waals surface area contributed by atoms with Gasteiger partial charge in [-0.15, -0.1) is 0 Å². The number of rotatable bonds is 2. The van der Waals surface area contributed by atoms with Gasteiger partial charge in [0.25, 0.3) is 0 Å². The van der Waals surface area contributed by atoms with Gasteiger partial charge < -0.3 is 11.5 Å². The summed E-state index contributed by atoms with van der Waals surface area (Å²) in [4.78, 5) is 11.1. The van der Waals surface area contributed by atoms with Gasteiger partial charge in [-0.2, -0.15) is 0 Å². The molecule has 0 unspecified atom stereocenters. The van der Waals surface area contributed by atoms with E-state index in [2.05, 4.69) is 6.58 Å². The van der Waals surface area contributed by atoms with E-state index in [4.69, 9.17) is 11.5 Å². The van der Waals surface area contributed by atoms with E-state index in [0.29, 0.717) is 16.9 Å². The van der Waals surface area contributed by atoms with Gasteiger partial charge in [0.1, 0.15) is 0 Å². The van der Waals surface area contributed by atoms with Crippen LogP contribution in [0.3, 0.4) is 0 Å². The van der Waals surface area contributed by atoms with Gasteiger partial charge in [-0.1, -0.05) is 12.6 Å². The number of nitrogens with two attached hydrogens (primary N) is 2. The van der Waals surface area contributed by atoms with Crippen molar-refractivity contribution >= 4 is 17.2 Å². The number of nitrogen functional groups attached to an aromatic ring is 2. The molecule has 0 aliphatic heterocycles. The van der Waals surface area contributed by atoms with Crippen LogP contribution in [0.4, 0.5) is 11.4 Å². The van der Waals surface area contributed by atoms with Crippen molar-refractivity contribution in [2.24, 2.45) is 0 Å². The average molecular weight is 162 g/mol. The summed E-state index contributed by atoms with van der Waals surface area (Å²) in [7, 11) is 0. The van der Waals surface area contributed by atoms with E-state index in [-0.39, 0.29) is 5.78 Å². The first kappa shape index (κ1) is 8.33. The van der Waals surface area contributed by atoms with E-state index in [1.54, 1.807) is 18.2 Å². The summed E-state index contributed by atoms with van der Waals surface area (Å²) in [5.74, 6) is -0.209. The van der Waals surface area contributed by atoms with E-state index < -0.39 is 0 Å². The first-order valence-electron chi connectivity index (χ1n) is 3.47. The largest absolute Gasteiger partial charge is 0.397 e. The Morgan fingerprint density at radius 2 is 2.08 bits per heavy atom. The predicted molar refractivity (Wildman–Crippen MR) is 49.8 cm³/mol. The average Bonchev–Trinajstić information content (AvgIpc) is 2.08. The van der Waals surface area contributed by atoms with Crippen LogP contribution in [0.1, 0.15) is 10.4 Å². The molecule has 4 N–H and O–H groups in total. The molecular formula is C9H10N2O. The topological polar surface area (TPSA) is 69.1 Å². The third kappa shape index (κ3) is 1.29. The monoisotopic (exact) mass is 162 g/mol. The van der Waals surface area contributed by atoms with Gasteiger partial charge in [-0.05, 0) is 18.2 Å². The third-order valence-electron chi connectivity index (χ3n) is 1.59. The fourth-order valence-electron chi connectivity index (χ4n) is 0.908. The maximum atomic E-state index is 11.1. The summed E-state index contributed by atoms with van der Waals surface area (Å²) >= 11 is 0. The Kier molecular flexibility index (Phi) is 2.14. The number of para-hydroxylation sites is 1. The lowest BCUT2D eigenvalue weighted by Gasteiger charge is -2.03. The molecule has 0 radical (unpaired) electrons. The molecule has 0 bridgehead atoms. The third-order valence-corrected chi connectivity index (χ3v) is 1.59. The van der Waals surface area contributed by atoms with E-state index in [0.717, 1.165) is 0 Å². The number of carbonyl (C=O) groups is 1. The number of carbonyl (C=O) groups excluding carboxylic acids is 1. The number of allylic oxidation sites excluding steroid dienone is 1. The van der Waals surface area contributed by atoms with Crippen molar-refractivity contribution in [1.29, 1.82) is 0 Å². The van der Waals surface area contributed by atoms with Crippen LogP contribution in [-0.2, 0) is 0 Å². The molecule has 3 nitrogen and oxygen atoms in total. The number of hydrogen-bond donors (Lipinski definition) is 2. The van der Waals surface area contributed by atoms with Gasteiger partial charge in [0.15, 0.2) is 5.78 Å². The Hall–Kier alpha value is -1.77. The van der Waals surface area contributed by atoms with Gasteiger partial charge in [0.2, 0.25) is 0 Å². The molecule has 0 aliphatic rings. The molecule has 0 saturated carbocycles. The number of hydrogen-bond acceptors (Lipinski definition) is 3. The van der Waals surface area contributed by atoms with Crippen LogP contribution in [0.5, 0.6) is 0 Å². The first-order chi connectivity index (χ1) is 5.66. The molecule has 12 heavy (non-hydrogen) atoms. The Morgan fingerprint density at radius 1 is 1.42 bits per heavy atom. The zero-order valence-electron chi connectivity index (χ0n) is 6.58. The minimum Gasteiger partial charge on any atom is -0.397 e. The highest BCUT2D eigenvalue weighted by molar-refractivity contribution is 6.09. The Bertz CT molecular complexity index is 331. The SMILES string of the molecule is C=CC(=O)c1cccc(N)c1N. The quantitative estimate of drug-likeness (QED) is 0.390. The molecule has 0 fully saturated rings. The highest BCUT2D eigenvalue weighted by atomic mass is 16.1. The molecule has 0 saturated heterocycles. The summed E-state index contributed by atoms with van der Waals surface area (Å²) in [5, 5.41) is 0. The zero-order valence-corrected chi connectivity index (χ0v) is 6.58. The Balaban J connectivity index is 3.25. The maximum absolute atomic E-state index is 11.1. The molecule has 1 aromatic carbocycles. The van der Waals surface area contributed by atoms with Crippen molar-refractivity contribution in [3.63, 3.8) is 0 Å². The lowest BCUT2D eigenvalue weighted by Crippen LogP contribution is -2.03. The molecule has 0 amide bonds. The lowest BCUT2D eigenvalue weighted by atomic mass is 10.1. The molecule has 1 aromatic rings. The second-order valence-corrected chi connectivity index (χ2v) is 2.38. The van der Waals surface area contributed by atoms with Crippen LogP contribution in [0.2, 0.25) is 0 Å². The Morgan fingerprint density at radius 3 is 2.67 bits per heavy atom. The molecule has 62 valence electrons. The molecule has 0 spiro atoms. The molecule has 0 heterocycles. The van der Waals surface area contributed by atoms with Gasteiger partial charge >= 0.3 is 0 Å². The van der Waals surface area contributed by atoms with Crippen molar-refractivity contribution in [3.05, 3.63) is 36.4 Å². The van der Waals surface area contributed by atoms with Crippen molar-refractivity contribution in [2.45, 2.75) is 0 Å². The first-order valence-corrected chi connectivity index (χ1v) is 3.47. The highest BCUT2D eigenvalue weighted by Crippen LogP contribution is 2.19. The maximum Gasteiger partial charge on any atom is 0.187 e. The standard InChI is InChI=1S/C9H10N2O/c1-2-8(12)6-4-3-5-7(10)9(6)11/h2-5H,1,10-11H2. The second-order valence-electron chi connectivity index (χ2n) is 2.38. The summed E-state index contributed by atoms with van der Waals surface area (Å²) in [6.45, 7) is 3.36. The summed E-state index contributed by atoms with van der Waals surface area (Å²) in [6.07, 6.45) is 1.21.